The minimum atomic E-state index is -0.603. The van der Waals surface area contributed by atoms with E-state index in [4.69, 9.17) is 0 Å². The molecule has 3 heterocycles. The monoisotopic (exact) mass is 445 g/mol. The minimum absolute atomic E-state index is 0. The number of carbonyl (C=O) groups excluding carboxylic acids is 1. The number of piperidine rings is 1. The van der Waals surface area contributed by atoms with Crippen molar-refractivity contribution in [3.05, 3.63) is 59.3 Å². The summed E-state index contributed by atoms with van der Waals surface area (Å²) in [5.41, 5.74) is 3.27. The topological polar surface area (TPSA) is 89.5 Å². The van der Waals surface area contributed by atoms with E-state index in [-0.39, 0.29) is 24.9 Å². The predicted molar refractivity (Wildman–Crippen MR) is 125 cm³/mol. The van der Waals surface area contributed by atoms with Crippen LogP contribution in [0.1, 0.15) is 34.3 Å². The van der Waals surface area contributed by atoms with Crippen LogP contribution < -0.4 is 16.0 Å². The highest BCUT2D eigenvalue weighted by molar-refractivity contribution is 5.94. The maximum Gasteiger partial charge on any atom is 0.251 e. The Morgan fingerprint density at radius 1 is 1.23 bits per heavy atom. The summed E-state index contributed by atoms with van der Waals surface area (Å²) in [6, 6.07) is 12.3. The van der Waals surface area contributed by atoms with E-state index in [1.54, 1.807) is 18.3 Å². The lowest BCUT2D eigenvalue weighted by Gasteiger charge is -2.30. The number of hydrogen-bond acceptors (Lipinski definition) is 6. The van der Waals surface area contributed by atoms with E-state index in [0.717, 1.165) is 51.3 Å². The molecule has 1 fully saturated rings. The molecule has 0 bridgehead atoms. The Morgan fingerprint density at radius 3 is 2.81 bits per heavy atom. The Kier molecular flexibility index (Phi) is 8.66. The lowest BCUT2D eigenvalue weighted by molar-refractivity contribution is 0.0842. The summed E-state index contributed by atoms with van der Waals surface area (Å²) in [6.45, 7) is 4.55. The summed E-state index contributed by atoms with van der Waals surface area (Å²) in [5, 5.41) is 20.0. The second-order valence-electron chi connectivity index (χ2n) is 8.22. The van der Waals surface area contributed by atoms with E-state index >= 15 is 0 Å². The first-order chi connectivity index (χ1) is 14.7. The van der Waals surface area contributed by atoms with Crippen LogP contribution in [0.3, 0.4) is 0 Å². The average molecular weight is 446 g/mol. The Hall–Kier alpha value is -2.19. The van der Waals surface area contributed by atoms with Crippen molar-refractivity contribution in [2.45, 2.75) is 38.0 Å². The van der Waals surface area contributed by atoms with Crippen LogP contribution in [0.15, 0.2) is 42.6 Å². The highest BCUT2D eigenvalue weighted by atomic mass is 35.5. The molecule has 1 atom stereocenters. The van der Waals surface area contributed by atoms with Gasteiger partial charge in [0, 0.05) is 44.0 Å². The molecule has 0 saturated carbocycles. The van der Waals surface area contributed by atoms with Gasteiger partial charge in [0.2, 0.25) is 0 Å². The number of pyridine rings is 1. The first-order valence-corrected chi connectivity index (χ1v) is 10.9. The van der Waals surface area contributed by atoms with Gasteiger partial charge >= 0.3 is 0 Å². The zero-order valence-corrected chi connectivity index (χ0v) is 18.5. The largest absolute Gasteiger partial charge is 0.390 e. The van der Waals surface area contributed by atoms with E-state index in [1.807, 2.05) is 0 Å². The fourth-order valence-electron chi connectivity index (χ4n) is 4.21. The summed E-state index contributed by atoms with van der Waals surface area (Å²) in [4.78, 5) is 19.1. The van der Waals surface area contributed by atoms with Crippen LogP contribution in [0.5, 0.6) is 0 Å². The summed E-state index contributed by atoms with van der Waals surface area (Å²) < 4.78 is 0. The highest BCUT2D eigenvalue weighted by Crippen LogP contribution is 2.18. The molecule has 0 radical (unpaired) electrons. The number of amides is 1. The summed E-state index contributed by atoms with van der Waals surface area (Å²) in [5.74, 6) is 0.538. The molecule has 168 valence electrons. The number of halogens is 1. The number of fused-ring (bicyclic) bond motifs is 1. The number of benzene rings is 1. The second kappa shape index (κ2) is 11.4. The molecule has 1 amide bonds. The molecular formula is C23H32ClN5O2. The number of aliphatic hydroxyl groups excluding tert-OH is 1. The number of anilines is 1. The van der Waals surface area contributed by atoms with Crippen LogP contribution in [0, 0.1) is 0 Å². The molecular weight excluding hydrogens is 414 g/mol. The van der Waals surface area contributed by atoms with Crippen molar-refractivity contribution in [1.82, 2.24) is 20.5 Å². The summed E-state index contributed by atoms with van der Waals surface area (Å²) >= 11 is 0. The SMILES string of the molecule is Cl.O=C(NCC(O)CN1CCc2ccccc2C1)c1ccnc(NC2CCNCC2)c1. The molecule has 2 aromatic rings. The number of rotatable bonds is 7. The van der Waals surface area contributed by atoms with Crippen molar-refractivity contribution in [1.29, 1.82) is 0 Å². The van der Waals surface area contributed by atoms with Gasteiger partial charge in [-0.2, -0.15) is 0 Å². The van der Waals surface area contributed by atoms with E-state index in [1.165, 1.54) is 11.1 Å². The average Bonchev–Trinajstić information content (AvgIpc) is 2.78. The van der Waals surface area contributed by atoms with Gasteiger partial charge in [0.15, 0.2) is 0 Å². The Morgan fingerprint density at radius 2 is 2.00 bits per heavy atom. The molecule has 4 rings (SSSR count). The van der Waals surface area contributed by atoms with Crippen molar-refractivity contribution < 1.29 is 9.90 Å². The number of aliphatic hydroxyl groups is 1. The van der Waals surface area contributed by atoms with Gasteiger partial charge in [-0.25, -0.2) is 4.98 Å². The van der Waals surface area contributed by atoms with Gasteiger partial charge in [0.25, 0.3) is 5.91 Å². The van der Waals surface area contributed by atoms with Crippen molar-refractivity contribution in [3.8, 4) is 0 Å². The number of nitrogens with zero attached hydrogens (tertiary/aromatic N) is 2. The maximum atomic E-state index is 12.5. The van der Waals surface area contributed by atoms with Crippen molar-refractivity contribution >= 4 is 24.1 Å². The Balaban J connectivity index is 0.00000272. The maximum absolute atomic E-state index is 12.5. The standard InChI is InChI=1S/C23H31N5O2.ClH/c29-21(16-28-12-8-17-3-1-2-4-19(17)15-28)14-26-23(30)18-5-11-25-22(13-18)27-20-6-9-24-10-7-20;/h1-5,11,13,20-21,24,29H,6-10,12,14-16H2,(H,25,27)(H,26,30);1H. The normalized spacial score (nSPS) is 17.8. The van der Waals surface area contributed by atoms with Crippen LogP contribution in [0.25, 0.3) is 0 Å². The fourth-order valence-corrected chi connectivity index (χ4v) is 4.21. The van der Waals surface area contributed by atoms with Crippen molar-refractivity contribution in [3.63, 3.8) is 0 Å². The number of hydrogen-bond donors (Lipinski definition) is 4. The van der Waals surface area contributed by atoms with E-state index in [2.05, 4.69) is 50.1 Å². The van der Waals surface area contributed by atoms with Gasteiger partial charge in [-0.05, 0) is 55.6 Å². The van der Waals surface area contributed by atoms with Gasteiger partial charge in [-0.15, -0.1) is 12.4 Å². The van der Waals surface area contributed by atoms with Crippen LogP contribution in [-0.2, 0) is 13.0 Å². The number of aromatic nitrogens is 1. The molecule has 0 spiro atoms. The van der Waals surface area contributed by atoms with Gasteiger partial charge in [-0.1, -0.05) is 24.3 Å². The lowest BCUT2D eigenvalue weighted by atomic mass is 10.00. The van der Waals surface area contributed by atoms with Crippen LogP contribution in [-0.4, -0.2) is 65.8 Å². The quantitative estimate of drug-likeness (QED) is 0.520. The highest BCUT2D eigenvalue weighted by Gasteiger charge is 2.19. The molecule has 1 aromatic carbocycles. The molecule has 1 unspecified atom stereocenters. The van der Waals surface area contributed by atoms with Gasteiger partial charge in [0.1, 0.15) is 5.82 Å². The van der Waals surface area contributed by atoms with Gasteiger partial charge in [-0.3, -0.25) is 9.69 Å². The first-order valence-electron chi connectivity index (χ1n) is 10.9. The molecule has 1 aromatic heterocycles. The smallest absolute Gasteiger partial charge is 0.251 e. The molecule has 7 nitrogen and oxygen atoms in total. The zero-order chi connectivity index (χ0) is 20.8. The fraction of sp³-hybridized carbons (Fsp3) is 0.478. The molecule has 8 heteroatoms. The van der Waals surface area contributed by atoms with Crippen molar-refractivity contribution in [2.24, 2.45) is 0 Å². The van der Waals surface area contributed by atoms with Gasteiger partial charge in [0.05, 0.1) is 6.10 Å². The summed E-state index contributed by atoms with van der Waals surface area (Å²) in [6.07, 6.45) is 4.14. The molecule has 31 heavy (non-hydrogen) atoms. The number of nitrogens with one attached hydrogen (secondary N) is 3. The van der Waals surface area contributed by atoms with Crippen LogP contribution in [0.2, 0.25) is 0 Å². The van der Waals surface area contributed by atoms with Crippen LogP contribution >= 0.6 is 12.4 Å². The minimum Gasteiger partial charge on any atom is -0.390 e. The van der Waals surface area contributed by atoms with E-state index in [0.29, 0.717) is 18.2 Å². The third-order valence-electron chi connectivity index (χ3n) is 5.89. The summed E-state index contributed by atoms with van der Waals surface area (Å²) in [7, 11) is 0. The lowest BCUT2D eigenvalue weighted by Crippen LogP contribution is -2.42. The van der Waals surface area contributed by atoms with Crippen molar-refractivity contribution in [2.75, 3.05) is 38.0 Å². The molecule has 1 saturated heterocycles. The molecule has 2 aliphatic heterocycles. The number of β-amino-alcohol motifs (C(OH)–C–C–N with tert-alkyl or cyclic N) is 1. The molecule has 0 aliphatic carbocycles. The van der Waals surface area contributed by atoms with Gasteiger partial charge < -0.3 is 21.1 Å². The first kappa shape index (κ1) is 23.5. The Labute approximate surface area is 190 Å². The Bertz CT molecular complexity index is 859. The second-order valence-corrected chi connectivity index (χ2v) is 8.22. The third-order valence-corrected chi connectivity index (χ3v) is 5.89. The molecule has 4 N–H and O–H groups in total. The van der Waals surface area contributed by atoms with E-state index < -0.39 is 6.10 Å². The van der Waals surface area contributed by atoms with E-state index in [9.17, 15) is 9.90 Å². The number of carbonyl (C=O) groups is 1. The third kappa shape index (κ3) is 6.64. The molecule has 2 aliphatic rings. The zero-order valence-electron chi connectivity index (χ0n) is 17.7. The van der Waals surface area contributed by atoms with Crippen LogP contribution in [0.4, 0.5) is 5.82 Å². The predicted octanol–water partition coefficient (Wildman–Crippen LogP) is 1.82.